The predicted molar refractivity (Wildman–Crippen MR) is 108 cm³/mol. The lowest BCUT2D eigenvalue weighted by atomic mass is 10.1. The number of carbonyl (C=O) groups excluding carboxylic acids is 2. The van der Waals surface area contributed by atoms with Crippen molar-refractivity contribution < 1.29 is 43.3 Å². The Labute approximate surface area is 174 Å². The van der Waals surface area contributed by atoms with Gasteiger partial charge in [-0.15, -0.1) is 0 Å². The Morgan fingerprint density at radius 1 is 1.00 bits per heavy atom. The van der Waals surface area contributed by atoms with Gasteiger partial charge < -0.3 is 27.0 Å². The Kier molecular flexibility index (Phi) is 17.2. The van der Waals surface area contributed by atoms with Crippen LogP contribution < -0.4 is 5.73 Å². The fourth-order valence-corrected chi connectivity index (χ4v) is 3.12. The van der Waals surface area contributed by atoms with Gasteiger partial charge in [0.25, 0.3) is 0 Å². The van der Waals surface area contributed by atoms with Crippen LogP contribution in [-0.2, 0) is 32.7 Å². The van der Waals surface area contributed by atoms with Crippen molar-refractivity contribution in [2.24, 2.45) is 0 Å². The van der Waals surface area contributed by atoms with Gasteiger partial charge in [-0.1, -0.05) is 39.0 Å². The summed E-state index contributed by atoms with van der Waals surface area (Å²) >= 11 is 0. The van der Waals surface area contributed by atoms with Crippen LogP contribution in [0.15, 0.2) is 0 Å². The van der Waals surface area contributed by atoms with Gasteiger partial charge in [0.15, 0.2) is 6.10 Å². The molecule has 0 radical (unpaired) electrons. The molecule has 2 atom stereocenters. The minimum absolute atomic E-state index is 0.0437. The van der Waals surface area contributed by atoms with Crippen LogP contribution >= 0.6 is 7.82 Å². The van der Waals surface area contributed by atoms with Crippen molar-refractivity contribution in [1.82, 2.24) is 0 Å². The molecule has 0 aliphatic carbocycles. The molecule has 1 unspecified atom stereocenters. The maximum Gasteiger partial charge on any atom is 0.472 e. The molecule has 0 aromatic rings. The Hall–Kier alpha value is -0.990. The van der Waals surface area contributed by atoms with Gasteiger partial charge in [-0.3, -0.25) is 18.6 Å². The molecule has 0 fully saturated rings. The van der Waals surface area contributed by atoms with Crippen molar-refractivity contribution in [1.29, 1.82) is 0 Å². The van der Waals surface area contributed by atoms with Crippen LogP contribution in [0.2, 0.25) is 0 Å². The minimum atomic E-state index is -4.29. The third-order valence-corrected chi connectivity index (χ3v) is 4.90. The Bertz CT molecular complexity index is 489. The molecule has 9 nitrogen and oxygen atoms in total. The van der Waals surface area contributed by atoms with E-state index in [-0.39, 0.29) is 26.1 Å². The fraction of sp³-hybridized carbons (Fsp3) is 0.842. The standard InChI is InChI=1S/C19H37NO8P/c1-3-5-7-8-10-12-19(22)28-17(15-25-18(21)11-9-6-4-2)16-27-29(23,24)26-14-13-20/h17H,1,3-16,20H2,2H3,(H,23,24)/q-1/p+1/t17-/m1/s1. The highest BCUT2D eigenvalue weighted by molar-refractivity contribution is 7.47. The number of esters is 2. The zero-order chi connectivity index (χ0) is 22.0. The number of hydrogen-bond donors (Lipinski definition) is 2. The molecule has 29 heavy (non-hydrogen) atoms. The lowest BCUT2D eigenvalue weighted by molar-refractivity contribution is -0.371. The van der Waals surface area contributed by atoms with E-state index < -0.39 is 32.5 Å². The molecule has 0 saturated heterocycles. The molecule has 0 aliphatic rings. The van der Waals surface area contributed by atoms with Crippen molar-refractivity contribution >= 4 is 19.8 Å². The molecule has 4 N–H and O–H groups in total. The van der Waals surface area contributed by atoms with E-state index >= 15 is 0 Å². The monoisotopic (exact) mass is 439 g/mol. The normalized spacial score (nSPS) is 14.2. The molecular weight excluding hydrogens is 401 g/mol. The first-order valence-corrected chi connectivity index (χ1v) is 11.9. The second-order valence-electron chi connectivity index (χ2n) is 6.72. The van der Waals surface area contributed by atoms with E-state index in [0.29, 0.717) is 19.4 Å². The van der Waals surface area contributed by atoms with E-state index in [1.807, 2.05) is 6.92 Å². The highest BCUT2D eigenvalue weighted by atomic mass is 31.2. The lowest BCUT2D eigenvalue weighted by Gasteiger charge is -2.19. The quantitative estimate of drug-likeness (QED) is 0.136. The number of carbonyl (C=O) groups is 2. The van der Waals surface area contributed by atoms with Crippen LogP contribution in [0.1, 0.15) is 71.1 Å². The van der Waals surface area contributed by atoms with E-state index in [1.165, 1.54) is 0 Å². The predicted octanol–water partition coefficient (Wildman–Crippen LogP) is 2.57. The lowest BCUT2D eigenvalue weighted by Crippen LogP contribution is -2.52. The molecule has 0 heterocycles. The number of quaternary nitrogens is 1. The van der Waals surface area contributed by atoms with Crippen molar-refractivity contribution in [3.63, 3.8) is 0 Å². The summed E-state index contributed by atoms with van der Waals surface area (Å²) < 4.78 is 31.8. The average Bonchev–Trinajstić information content (AvgIpc) is 2.68. The molecular formula is C19H38NO8P. The Morgan fingerprint density at radius 2 is 1.66 bits per heavy atom. The number of phosphoric ester groups is 1. The minimum Gasteiger partial charge on any atom is -0.462 e. The highest BCUT2D eigenvalue weighted by Crippen LogP contribution is 2.42. The molecule has 0 aromatic carbocycles. The van der Waals surface area contributed by atoms with Crippen LogP contribution in [0.5, 0.6) is 0 Å². The second-order valence-corrected chi connectivity index (χ2v) is 8.17. The summed E-state index contributed by atoms with van der Waals surface area (Å²) in [5.41, 5.74) is 3.51. The molecule has 0 spiro atoms. The molecule has 10 heteroatoms. The number of ether oxygens (including phenoxy) is 2. The van der Waals surface area contributed by atoms with Crippen molar-refractivity contribution in [3.05, 3.63) is 6.92 Å². The molecule has 0 rings (SSSR count). The zero-order valence-electron chi connectivity index (χ0n) is 17.6. The first-order valence-electron chi connectivity index (χ1n) is 10.4. The Balaban J connectivity index is 4.51. The van der Waals surface area contributed by atoms with E-state index in [9.17, 15) is 19.0 Å². The van der Waals surface area contributed by atoms with Gasteiger partial charge in [0.2, 0.25) is 0 Å². The van der Waals surface area contributed by atoms with Gasteiger partial charge in [0.1, 0.15) is 13.2 Å². The van der Waals surface area contributed by atoms with Gasteiger partial charge in [0.05, 0.1) is 13.2 Å². The fourth-order valence-electron chi connectivity index (χ4n) is 2.33. The van der Waals surface area contributed by atoms with Crippen molar-refractivity contribution in [2.45, 2.75) is 77.2 Å². The largest absolute Gasteiger partial charge is 0.472 e. The summed E-state index contributed by atoms with van der Waals surface area (Å²) in [4.78, 5) is 33.4. The van der Waals surface area contributed by atoms with Gasteiger partial charge in [-0.05, 0) is 12.8 Å². The van der Waals surface area contributed by atoms with E-state index in [0.717, 1.165) is 38.5 Å². The first kappa shape index (κ1) is 28.0. The summed E-state index contributed by atoms with van der Waals surface area (Å²) in [6, 6.07) is 0. The molecule has 0 aliphatic heterocycles. The molecule has 0 saturated carbocycles. The third-order valence-electron chi connectivity index (χ3n) is 3.92. The number of hydrogen-bond acceptors (Lipinski definition) is 7. The molecule has 172 valence electrons. The van der Waals surface area contributed by atoms with E-state index in [1.54, 1.807) is 0 Å². The topological polar surface area (TPSA) is 136 Å². The van der Waals surface area contributed by atoms with E-state index in [4.69, 9.17) is 18.5 Å². The Morgan fingerprint density at radius 3 is 2.31 bits per heavy atom. The second kappa shape index (κ2) is 17.8. The van der Waals surface area contributed by atoms with Gasteiger partial charge in [0, 0.05) is 12.8 Å². The van der Waals surface area contributed by atoms with Crippen LogP contribution in [0.25, 0.3) is 0 Å². The van der Waals surface area contributed by atoms with Gasteiger partial charge in [-0.2, -0.15) is 6.42 Å². The SMILES string of the molecule is [CH2-]CCCCCCC(=O)O[C@H](COC(=O)CCCCC)COP(=O)(O)OCC[NH3+]. The van der Waals surface area contributed by atoms with Crippen LogP contribution in [-0.4, -0.2) is 49.3 Å². The summed E-state index contributed by atoms with van der Waals surface area (Å²) in [7, 11) is -4.29. The number of unbranched alkanes of at least 4 members (excludes halogenated alkanes) is 6. The van der Waals surface area contributed by atoms with E-state index in [2.05, 4.69) is 12.7 Å². The smallest absolute Gasteiger partial charge is 0.462 e. The highest BCUT2D eigenvalue weighted by Gasteiger charge is 2.26. The third kappa shape index (κ3) is 17.6. The van der Waals surface area contributed by atoms with Crippen molar-refractivity contribution in [3.8, 4) is 0 Å². The maximum absolute atomic E-state index is 12.0. The van der Waals surface area contributed by atoms with Gasteiger partial charge in [-0.25, -0.2) is 4.57 Å². The first-order chi connectivity index (χ1) is 13.8. The zero-order valence-corrected chi connectivity index (χ0v) is 18.5. The molecule has 0 amide bonds. The number of phosphoric acid groups is 1. The average molecular weight is 439 g/mol. The van der Waals surface area contributed by atoms with Crippen LogP contribution in [0.4, 0.5) is 0 Å². The maximum atomic E-state index is 12.0. The van der Waals surface area contributed by atoms with Crippen LogP contribution in [0, 0.1) is 6.92 Å². The summed E-state index contributed by atoms with van der Waals surface area (Å²) in [6.45, 7) is 5.40. The molecule has 0 aromatic heterocycles. The summed E-state index contributed by atoms with van der Waals surface area (Å²) in [5.74, 6) is -0.880. The van der Waals surface area contributed by atoms with Crippen molar-refractivity contribution in [2.75, 3.05) is 26.4 Å². The summed E-state index contributed by atoms with van der Waals surface area (Å²) in [5, 5.41) is 0. The number of rotatable bonds is 19. The summed E-state index contributed by atoms with van der Waals surface area (Å²) in [6.07, 6.45) is 6.56. The molecule has 0 bridgehead atoms. The van der Waals surface area contributed by atoms with Crippen LogP contribution in [0.3, 0.4) is 0 Å². The van der Waals surface area contributed by atoms with Gasteiger partial charge >= 0.3 is 19.8 Å².